The third-order valence-electron chi connectivity index (χ3n) is 5.86. The number of fused-ring (bicyclic) bond motifs is 1. The van der Waals surface area contributed by atoms with Crippen LogP contribution in [0.5, 0.6) is 0 Å². The highest BCUT2D eigenvalue weighted by molar-refractivity contribution is 6.30. The van der Waals surface area contributed by atoms with Gasteiger partial charge in [0.05, 0.1) is 0 Å². The van der Waals surface area contributed by atoms with E-state index in [0.29, 0.717) is 43.1 Å². The molecule has 0 atom stereocenters. The highest BCUT2D eigenvalue weighted by Crippen LogP contribution is 2.21. The minimum atomic E-state index is -0.0375. The van der Waals surface area contributed by atoms with Crippen LogP contribution >= 0.6 is 11.6 Å². The van der Waals surface area contributed by atoms with Gasteiger partial charge in [0.2, 0.25) is 5.91 Å². The number of H-pyrrole nitrogens is 1. The molecule has 1 saturated heterocycles. The highest BCUT2D eigenvalue weighted by atomic mass is 35.5. The molecule has 0 radical (unpaired) electrons. The van der Waals surface area contributed by atoms with Crippen LogP contribution in [-0.4, -0.2) is 41.3 Å². The summed E-state index contributed by atoms with van der Waals surface area (Å²) in [7, 11) is 0. The molecule has 1 fully saturated rings. The number of hydrogen-bond acceptors (Lipinski definition) is 2. The van der Waals surface area contributed by atoms with Crippen molar-refractivity contribution in [2.45, 2.75) is 26.2 Å². The Morgan fingerprint density at radius 1 is 1.13 bits per heavy atom. The van der Waals surface area contributed by atoms with Crippen LogP contribution in [0, 0.1) is 12.8 Å². The number of nitrogens with one attached hydrogen (secondary N) is 2. The number of carbonyl (C=O) groups excluding carboxylic acids is 2. The predicted octanol–water partition coefficient (Wildman–Crippen LogP) is 4.34. The number of carbonyl (C=O) groups is 2. The fourth-order valence-corrected chi connectivity index (χ4v) is 4.21. The standard InChI is InChI=1S/C24H26ClN3O2/c1-16-2-7-22-21(14-16)19(15-27-22)8-11-26-23(29)17-9-12-28(13-10-17)24(30)18-3-5-20(25)6-4-18/h2-7,14-15,17,27H,8-13H2,1H3,(H,26,29). The number of nitrogens with zero attached hydrogens (tertiary/aromatic N) is 1. The van der Waals surface area contributed by atoms with Crippen LogP contribution in [0.4, 0.5) is 0 Å². The third-order valence-corrected chi connectivity index (χ3v) is 6.11. The van der Waals surface area contributed by atoms with Crippen molar-refractivity contribution in [2.24, 2.45) is 5.92 Å². The molecule has 0 saturated carbocycles. The summed E-state index contributed by atoms with van der Waals surface area (Å²) in [4.78, 5) is 30.3. The van der Waals surface area contributed by atoms with Crippen LogP contribution in [-0.2, 0) is 11.2 Å². The van der Waals surface area contributed by atoms with Crippen LogP contribution < -0.4 is 5.32 Å². The Balaban J connectivity index is 1.25. The molecule has 5 nitrogen and oxygen atoms in total. The van der Waals surface area contributed by atoms with Crippen molar-refractivity contribution in [3.63, 3.8) is 0 Å². The largest absolute Gasteiger partial charge is 0.361 e. The average Bonchev–Trinajstić information content (AvgIpc) is 3.16. The van der Waals surface area contributed by atoms with Gasteiger partial charge in [-0.3, -0.25) is 9.59 Å². The summed E-state index contributed by atoms with van der Waals surface area (Å²) in [6, 6.07) is 13.3. The maximum Gasteiger partial charge on any atom is 0.253 e. The molecule has 6 heteroatoms. The van der Waals surface area contributed by atoms with Gasteiger partial charge in [0, 0.05) is 53.2 Å². The molecule has 1 aliphatic heterocycles. The zero-order valence-corrected chi connectivity index (χ0v) is 17.8. The van der Waals surface area contributed by atoms with E-state index in [1.165, 1.54) is 16.5 Å². The van der Waals surface area contributed by atoms with Crippen molar-refractivity contribution >= 4 is 34.3 Å². The first kappa shape index (κ1) is 20.5. The first-order valence-corrected chi connectivity index (χ1v) is 10.8. The van der Waals surface area contributed by atoms with E-state index < -0.39 is 0 Å². The second-order valence-electron chi connectivity index (χ2n) is 7.98. The number of benzene rings is 2. The number of aromatic nitrogens is 1. The molecule has 2 N–H and O–H groups in total. The fraction of sp³-hybridized carbons (Fsp3) is 0.333. The Morgan fingerprint density at radius 2 is 1.87 bits per heavy atom. The minimum absolute atomic E-state index is 0.000143. The van der Waals surface area contributed by atoms with Gasteiger partial charge in [-0.05, 0) is 68.1 Å². The van der Waals surface area contributed by atoms with Crippen LogP contribution in [0.1, 0.15) is 34.3 Å². The molecule has 1 aromatic heterocycles. The van der Waals surface area contributed by atoms with Gasteiger partial charge in [0.25, 0.3) is 5.91 Å². The first-order chi connectivity index (χ1) is 14.5. The van der Waals surface area contributed by atoms with Gasteiger partial charge < -0.3 is 15.2 Å². The number of piperidine rings is 1. The summed E-state index contributed by atoms with van der Waals surface area (Å²) in [5, 5.41) is 4.92. The Hall–Kier alpha value is -2.79. The summed E-state index contributed by atoms with van der Waals surface area (Å²) < 4.78 is 0. The lowest BCUT2D eigenvalue weighted by molar-refractivity contribution is -0.126. The zero-order chi connectivity index (χ0) is 21.1. The fourth-order valence-electron chi connectivity index (χ4n) is 4.08. The molecule has 3 aromatic rings. The molecular formula is C24H26ClN3O2. The average molecular weight is 424 g/mol. The smallest absolute Gasteiger partial charge is 0.253 e. The number of hydrogen-bond donors (Lipinski definition) is 2. The van der Waals surface area contributed by atoms with E-state index in [2.05, 4.69) is 35.4 Å². The lowest BCUT2D eigenvalue weighted by Crippen LogP contribution is -2.43. The van der Waals surface area contributed by atoms with Gasteiger partial charge in [-0.15, -0.1) is 0 Å². The van der Waals surface area contributed by atoms with E-state index in [-0.39, 0.29) is 17.7 Å². The van der Waals surface area contributed by atoms with Crippen LogP contribution in [0.2, 0.25) is 5.02 Å². The SMILES string of the molecule is Cc1ccc2[nH]cc(CCNC(=O)C3CCN(C(=O)c4ccc(Cl)cc4)CC3)c2c1. The van der Waals surface area contributed by atoms with Crippen molar-refractivity contribution < 1.29 is 9.59 Å². The molecule has 2 heterocycles. The number of likely N-dealkylation sites (tertiary alicyclic amines) is 1. The monoisotopic (exact) mass is 423 g/mol. The molecule has 0 aliphatic carbocycles. The van der Waals surface area contributed by atoms with Gasteiger partial charge in [0.15, 0.2) is 0 Å². The molecule has 0 spiro atoms. The molecule has 156 valence electrons. The van der Waals surface area contributed by atoms with E-state index in [9.17, 15) is 9.59 Å². The Kier molecular flexibility index (Phi) is 6.09. The Morgan fingerprint density at radius 3 is 2.60 bits per heavy atom. The lowest BCUT2D eigenvalue weighted by Gasteiger charge is -2.31. The van der Waals surface area contributed by atoms with E-state index >= 15 is 0 Å². The normalized spacial score (nSPS) is 14.8. The van der Waals surface area contributed by atoms with Gasteiger partial charge in [0.1, 0.15) is 0 Å². The topological polar surface area (TPSA) is 65.2 Å². The quantitative estimate of drug-likeness (QED) is 0.641. The maximum absolute atomic E-state index is 12.6. The van der Waals surface area contributed by atoms with E-state index in [1.54, 1.807) is 24.3 Å². The first-order valence-electron chi connectivity index (χ1n) is 10.4. The zero-order valence-electron chi connectivity index (χ0n) is 17.1. The summed E-state index contributed by atoms with van der Waals surface area (Å²) in [5.41, 5.74) is 4.21. The van der Waals surface area contributed by atoms with Crippen molar-refractivity contribution in [3.05, 3.63) is 70.4 Å². The van der Waals surface area contributed by atoms with Gasteiger partial charge >= 0.3 is 0 Å². The summed E-state index contributed by atoms with van der Waals surface area (Å²) in [5.74, 6) is 0.0502. The van der Waals surface area contributed by atoms with E-state index in [4.69, 9.17) is 11.6 Å². The van der Waals surface area contributed by atoms with E-state index in [0.717, 1.165) is 11.9 Å². The molecule has 0 unspecified atom stereocenters. The minimum Gasteiger partial charge on any atom is -0.361 e. The Labute approximate surface area is 181 Å². The number of aromatic amines is 1. The number of amides is 2. The molecule has 4 rings (SSSR count). The second-order valence-corrected chi connectivity index (χ2v) is 8.41. The molecule has 1 aliphatic rings. The molecule has 30 heavy (non-hydrogen) atoms. The van der Waals surface area contributed by atoms with Crippen LogP contribution in [0.3, 0.4) is 0 Å². The Bertz CT molecular complexity index is 1050. The van der Waals surface area contributed by atoms with Gasteiger partial charge in [-0.1, -0.05) is 23.2 Å². The van der Waals surface area contributed by atoms with Crippen LogP contribution in [0.25, 0.3) is 10.9 Å². The second kappa shape index (κ2) is 8.92. The predicted molar refractivity (Wildman–Crippen MR) is 120 cm³/mol. The van der Waals surface area contributed by atoms with Crippen LogP contribution in [0.15, 0.2) is 48.7 Å². The van der Waals surface area contributed by atoms with Crippen molar-refractivity contribution in [1.29, 1.82) is 0 Å². The highest BCUT2D eigenvalue weighted by Gasteiger charge is 2.27. The summed E-state index contributed by atoms with van der Waals surface area (Å²) in [6.07, 6.45) is 4.20. The van der Waals surface area contributed by atoms with Crippen molar-refractivity contribution in [3.8, 4) is 0 Å². The summed E-state index contributed by atoms with van der Waals surface area (Å²) in [6.45, 7) is 3.90. The number of rotatable bonds is 5. The third kappa shape index (κ3) is 4.51. The van der Waals surface area contributed by atoms with Crippen molar-refractivity contribution in [1.82, 2.24) is 15.2 Å². The molecule has 2 aromatic carbocycles. The van der Waals surface area contributed by atoms with Gasteiger partial charge in [-0.2, -0.15) is 0 Å². The maximum atomic E-state index is 12.6. The van der Waals surface area contributed by atoms with Crippen molar-refractivity contribution in [2.75, 3.05) is 19.6 Å². The van der Waals surface area contributed by atoms with E-state index in [1.807, 2.05) is 11.1 Å². The molecule has 2 amide bonds. The summed E-state index contributed by atoms with van der Waals surface area (Å²) >= 11 is 5.89. The van der Waals surface area contributed by atoms with Gasteiger partial charge in [-0.25, -0.2) is 0 Å². The molecular weight excluding hydrogens is 398 g/mol. The molecule has 0 bridgehead atoms. The lowest BCUT2D eigenvalue weighted by atomic mass is 9.95. The number of aryl methyl sites for hydroxylation is 1. The number of halogens is 1.